The molecule has 0 spiro atoms. The zero-order chi connectivity index (χ0) is 4.28. The van der Waals surface area contributed by atoms with E-state index in [9.17, 15) is 0 Å². The smallest absolute Gasteiger partial charge is 0 e. The van der Waals surface area contributed by atoms with Crippen molar-refractivity contribution in [3.63, 3.8) is 0 Å². The summed E-state index contributed by atoms with van der Waals surface area (Å²) in [4.78, 5) is 0. The van der Waals surface area contributed by atoms with Crippen molar-refractivity contribution in [2.75, 3.05) is 5.75 Å². The number of hydrogen-bond acceptors (Lipinski definition) is 1. The second kappa shape index (κ2) is 6.35. The van der Waals surface area contributed by atoms with Crippen LogP contribution in [-0.2, 0) is 0 Å². The first kappa shape index (κ1) is 10.4. The molecule has 0 nitrogen and oxygen atoms in total. The van der Waals surface area contributed by atoms with E-state index in [1.165, 1.54) is 0 Å². The van der Waals surface area contributed by atoms with Gasteiger partial charge in [-0.15, -0.1) is 0 Å². The molecule has 0 unspecified atom stereocenters. The van der Waals surface area contributed by atoms with Crippen LogP contribution in [0.3, 0.4) is 0 Å². The quantitative estimate of drug-likeness (QED) is 0.383. The average Bonchev–Trinajstić information content (AvgIpc) is 1.38. The monoisotopic (exact) mass is 113 g/mol. The Balaban J connectivity index is 0. The van der Waals surface area contributed by atoms with E-state index in [0.717, 1.165) is 11.7 Å². The first-order valence-corrected chi connectivity index (χ1v) is 2.51. The van der Waals surface area contributed by atoms with Crippen LogP contribution in [0.25, 0.3) is 0 Å². The van der Waals surface area contributed by atoms with Crippen molar-refractivity contribution in [1.82, 2.24) is 0 Å². The van der Waals surface area contributed by atoms with Gasteiger partial charge in [-0.1, -0.05) is 13.8 Å². The molecule has 0 fully saturated rings. The van der Waals surface area contributed by atoms with Crippen molar-refractivity contribution < 1.29 is 0 Å². The second-order valence-corrected chi connectivity index (χ2v) is 1.94. The standard InChI is InChI=1S/C4H10S.Na/c1-4(2)3-5;/h4-5H,3H2,1-2H3;. The first-order valence-electron chi connectivity index (χ1n) is 1.88. The Bertz CT molecular complexity index is 21.5. The van der Waals surface area contributed by atoms with Gasteiger partial charge in [-0.05, 0) is 11.7 Å². The fourth-order valence-corrected chi connectivity index (χ4v) is 0. The number of thiol groups is 1. The van der Waals surface area contributed by atoms with Crippen LogP contribution < -0.4 is 0 Å². The fraction of sp³-hybridized carbons (Fsp3) is 1.00. The van der Waals surface area contributed by atoms with Crippen LogP contribution in [0.4, 0.5) is 0 Å². The summed E-state index contributed by atoms with van der Waals surface area (Å²) in [6.45, 7) is 4.29. The first-order chi connectivity index (χ1) is 2.27. The van der Waals surface area contributed by atoms with Crippen molar-refractivity contribution in [3.8, 4) is 0 Å². The third-order valence-corrected chi connectivity index (χ3v) is 1.10. The topological polar surface area (TPSA) is 0 Å². The average molecular weight is 113 g/mol. The van der Waals surface area contributed by atoms with Gasteiger partial charge < -0.3 is 0 Å². The molecule has 0 aromatic rings. The maximum atomic E-state index is 4.02. The van der Waals surface area contributed by atoms with Gasteiger partial charge in [-0.3, -0.25) is 0 Å². The van der Waals surface area contributed by atoms with Gasteiger partial charge in [-0.25, -0.2) is 0 Å². The van der Waals surface area contributed by atoms with Gasteiger partial charge in [0.15, 0.2) is 0 Å². The maximum Gasteiger partial charge on any atom is 0 e. The molecule has 0 aromatic heterocycles. The van der Waals surface area contributed by atoms with Crippen LogP contribution in [-0.4, -0.2) is 35.3 Å². The van der Waals surface area contributed by atoms with Gasteiger partial charge in [0.1, 0.15) is 0 Å². The predicted octanol–water partition coefficient (Wildman–Crippen LogP) is 1.19. The van der Waals surface area contributed by atoms with Gasteiger partial charge in [-0.2, -0.15) is 12.6 Å². The molecule has 0 aliphatic heterocycles. The summed E-state index contributed by atoms with van der Waals surface area (Å²) in [5.41, 5.74) is 0. The molecular weight excluding hydrogens is 103 g/mol. The molecule has 0 amide bonds. The molecule has 0 heterocycles. The molecule has 0 saturated heterocycles. The van der Waals surface area contributed by atoms with Gasteiger partial charge in [0.25, 0.3) is 0 Å². The van der Waals surface area contributed by atoms with E-state index in [1.54, 1.807) is 0 Å². The molecule has 33 valence electrons. The third kappa shape index (κ3) is 9.02. The van der Waals surface area contributed by atoms with Crippen LogP contribution in [0.2, 0.25) is 0 Å². The van der Waals surface area contributed by atoms with Crippen molar-refractivity contribution >= 4 is 42.2 Å². The molecule has 0 aromatic carbocycles. The minimum absolute atomic E-state index is 0. The van der Waals surface area contributed by atoms with Crippen LogP contribution in [0.15, 0.2) is 0 Å². The molecular formula is C4H10NaS. The zero-order valence-electron chi connectivity index (χ0n) is 4.73. The van der Waals surface area contributed by atoms with E-state index in [4.69, 9.17) is 0 Å². The van der Waals surface area contributed by atoms with Gasteiger partial charge in [0.05, 0.1) is 0 Å². The Morgan fingerprint density at radius 1 is 1.50 bits per heavy atom. The van der Waals surface area contributed by atoms with Crippen LogP contribution in [0.5, 0.6) is 0 Å². The van der Waals surface area contributed by atoms with E-state index in [2.05, 4.69) is 26.5 Å². The minimum atomic E-state index is 0. The molecule has 0 rings (SSSR count). The van der Waals surface area contributed by atoms with E-state index in [1.807, 2.05) is 0 Å². The number of hydrogen-bond donors (Lipinski definition) is 1. The summed E-state index contributed by atoms with van der Waals surface area (Å²) in [7, 11) is 0. The Hall–Kier alpha value is 1.35. The van der Waals surface area contributed by atoms with Crippen molar-refractivity contribution in [2.24, 2.45) is 5.92 Å². The summed E-state index contributed by atoms with van der Waals surface area (Å²) >= 11 is 4.02. The summed E-state index contributed by atoms with van der Waals surface area (Å²) in [6.07, 6.45) is 0. The summed E-state index contributed by atoms with van der Waals surface area (Å²) < 4.78 is 0. The molecule has 0 aliphatic rings. The molecule has 0 atom stereocenters. The normalized spacial score (nSPS) is 8.00. The van der Waals surface area contributed by atoms with E-state index in [-0.39, 0.29) is 29.6 Å². The van der Waals surface area contributed by atoms with Crippen LogP contribution in [0.1, 0.15) is 13.8 Å². The molecule has 0 saturated carbocycles. The number of rotatable bonds is 1. The van der Waals surface area contributed by atoms with Gasteiger partial charge in [0.2, 0.25) is 0 Å². The largest absolute Gasteiger partial charge is 0.179 e. The van der Waals surface area contributed by atoms with Crippen molar-refractivity contribution in [3.05, 3.63) is 0 Å². The molecule has 1 radical (unpaired) electrons. The van der Waals surface area contributed by atoms with E-state index in [0.29, 0.717) is 0 Å². The Kier molecular flexibility index (Phi) is 11.0. The minimum Gasteiger partial charge on any atom is -0.179 e. The molecule has 0 bridgehead atoms. The second-order valence-electron chi connectivity index (χ2n) is 1.58. The van der Waals surface area contributed by atoms with E-state index >= 15 is 0 Å². The summed E-state index contributed by atoms with van der Waals surface area (Å²) in [5.74, 6) is 1.75. The molecule has 2 heteroatoms. The maximum absolute atomic E-state index is 4.02. The van der Waals surface area contributed by atoms with E-state index < -0.39 is 0 Å². The van der Waals surface area contributed by atoms with Crippen molar-refractivity contribution in [2.45, 2.75) is 13.8 Å². The fourth-order valence-electron chi connectivity index (χ4n) is 0. The Morgan fingerprint density at radius 3 is 1.67 bits per heavy atom. The van der Waals surface area contributed by atoms with Gasteiger partial charge in [0, 0.05) is 29.6 Å². The Morgan fingerprint density at radius 2 is 1.67 bits per heavy atom. The molecule has 0 aliphatic carbocycles. The van der Waals surface area contributed by atoms with Crippen LogP contribution in [0, 0.1) is 5.92 Å². The van der Waals surface area contributed by atoms with Gasteiger partial charge >= 0.3 is 0 Å². The third-order valence-electron chi connectivity index (χ3n) is 0.365. The SMILES string of the molecule is CC(C)CS.[Na]. The van der Waals surface area contributed by atoms with Crippen LogP contribution >= 0.6 is 12.6 Å². The predicted molar refractivity (Wildman–Crippen MR) is 34.4 cm³/mol. The molecule has 0 N–H and O–H groups in total. The Labute approximate surface area is 67.4 Å². The van der Waals surface area contributed by atoms with Crippen molar-refractivity contribution in [1.29, 1.82) is 0 Å². The zero-order valence-corrected chi connectivity index (χ0v) is 7.63. The summed E-state index contributed by atoms with van der Waals surface area (Å²) in [5, 5.41) is 0. The summed E-state index contributed by atoms with van der Waals surface area (Å²) in [6, 6.07) is 0. The molecule has 6 heavy (non-hydrogen) atoms.